The van der Waals surface area contributed by atoms with E-state index in [-0.39, 0.29) is 23.4 Å². The summed E-state index contributed by atoms with van der Waals surface area (Å²) in [7, 11) is 0. The molecule has 7 heteroatoms. The molecule has 2 bridgehead atoms. The second-order valence-corrected chi connectivity index (χ2v) is 6.69. The minimum absolute atomic E-state index is 0.0237. The minimum atomic E-state index is -0.446. The van der Waals surface area contributed by atoms with Crippen LogP contribution in [0.4, 0.5) is 5.69 Å². The molecule has 1 aromatic heterocycles. The van der Waals surface area contributed by atoms with Gasteiger partial charge in [0.15, 0.2) is 5.76 Å². The van der Waals surface area contributed by atoms with Crippen molar-refractivity contribution in [2.45, 2.75) is 18.9 Å². The predicted molar refractivity (Wildman–Crippen MR) is 91.2 cm³/mol. The van der Waals surface area contributed by atoms with Gasteiger partial charge in [0.25, 0.3) is 11.6 Å². The molecule has 1 aromatic carbocycles. The molecule has 5 rings (SSSR count). The number of benzene rings is 1. The lowest BCUT2D eigenvalue weighted by Crippen LogP contribution is -2.57. The van der Waals surface area contributed by atoms with Gasteiger partial charge in [-0.25, -0.2) is 0 Å². The standard InChI is InChI=1S/C18H19N3O4/c22-18(19-15-11-20-9-7-12(15)8-10-20)17-6-5-16(25-17)13-1-3-14(4-2-13)21(23)24/h1-6,12,15H,7-11H2,(H,19,22)/t15-/m0/s1. The van der Waals surface area contributed by atoms with E-state index in [9.17, 15) is 14.9 Å². The second kappa shape index (κ2) is 6.33. The SMILES string of the molecule is O=C(N[C@H]1CN2CCC1CC2)c1ccc(-c2ccc([N+](=O)[O-])cc2)o1. The summed E-state index contributed by atoms with van der Waals surface area (Å²) in [5, 5.41) is 13.8. The van der Waals surface area contributed by atoms with Crippen LogP contribution in [0.2, 0.25) is 0 Å². The largest absolute Gasteiger partial charge is 0.451 e. The maximum Gasteiger partial charge on any atom is 0.287 e. The van der Waals surface area contributed by atoms with Gasteiger partial charge in [-0.15, -0.1) is 0 Å². The Morgan fingerprint density at radius 1 is 1.16 bits per heavy atom. The van der Waals surface area contributed by atoms with E-state index in [1.807, 2.05) is 0 Å². The van der Waals surface area contributed by atoms with E-state index in [1.54, 1.807) is 24.3 Å². The van der Waals surface area contributed by atoms with E-state index < -0.39 is 4.92 Å². The molecule has 0 spiro atoms. The number of fused-ring (bicyclic) bond motifs is 3. The van der Waals surface area contributed by atoms with Crippen molar-refractivity contribution in [3.8, 4) is 11.3 Å². The topological polar surface area (TPSA) is 88.6 Å². The van der Waals surface area contributed by atoms with Crippen LogP contribution in [0.15, 0.2) is 40.8 Å². The number of carbonyl (C=O) groups is 1. The van der Waals surface area contributed by atoms with Crippen LogP contribution in [0, 0.1) is 16.0 Å². The molecule has 3 aliphatic rings. The van der Waals surface area contributed by atoms with Crippen LogP contribution < -0.4 is 5.32 Å². The van der Waals surface area contributed by atoms with Crippen LogP contribution in [0.3, 0.4) is 0 Å². The molecule has 0 radical (unpaired) electrons. The molecule has 3 aliphatic heterocycles. The molecule has 130 valence electrons. The van der Waals surface area contributed by atoms with Gasteiger partial charge in [-0.05, 0) is 56.1 Å². The highest BCUT2D eigenvalue weighted by Crippen LogP contribution is 2.28. The lowest BCUT2D eigenvalue weighted by molar-refractivity contribution is -0.384. The zero-order chi connectivity index (χ0) is 17.4. The molecule has 0 unspecified atom stereocenters. The van der Waals surface area contributed by atoms with Crippen molar-refractivity contribution in [1.82, 2.24) is 10.2 Å². The second-order valence-electron chi connectivity index (χ2n) is 6.69. The number of rotatable bonds is 4. The first kappa shape index (κ1) is 15.8. The van der Waals surface area contributed by atoms with Crippen molar-refractivity contribution in [3.05, 3.63) is 52.3 Å². The Kier molecular flexibility index (Phi) is 4.01. The first-order chi connectivity index (χ1) is 12.1. The smallest absolute Gasteiger partial charge is 0.287 e. The van der Waals surface area contributed by atoms with Gasteiger partial charge < -0.3 is 14.6 Å². The number of non-ortho nitro benzene ring substituents is 1. The lowest BCUT2D eigenvalue weighted by atomic mass is 9.84. The Morgan fingerprint density at radius 2 is 1.88 bits per heavy atom. The van der Waals surface area contributed by atoms with E-state index >= 15 is 0 Å². The molecule has 2 aromatic rings. The first-order valence-electron chi connectivity index (χ1n) is 8.48. The van der Waals surface area contributed by atoms with Crippen molar-refractivity contribution >= 4 is 11.6 Å². The van der Waals surface area contributed by atoms with E-state index in [2.05, 4.69) is 10.2 Å². The zero-order valence-corrected chi connectivity index (χ0v) is 13.7. The van der Waals surface area contributed by atoms with Crippen molar-refractivity contribution in [3.63, 3.8) is 0 Å². The van der Waals surface area contributed by atoms with Crippen molar-refractivity contribution in [2.75, 3.05) is 19.6 Å². The van der Waals surface area contributed by atoms with E-state index in [4.69, 9.17) is 4.42 Å². The fourth-order valence-electron chi connectivity index (χ4n) is 3.73. The van der Waals surface area contributed by atoms with Gasteiger partial charge in [-0.1, -0.05) is 0 Å². The normalized spacial score (nSPS) is 24.9. The number of nitro groups is 1. The zero-order valence-electron chi connectivity index (χ0n) is 13.7. The van der Waals surface area contributed by atoms with Crippen molar-refractivity contribution in [2.24, 2.45) is 5.92 Å². The summed E-state index contributed by atoms with van der Waals surface area (Å²) < 4.78 is 5.66. The summed E-state index contributed by atoms with van der Waals surface area (Å²) in [6.07, 6.45) is 2.27. The maximum absolute atomic E-state index is 12.5. The van der Waals surface area contributed by atoms with Crippen LogP contribution in [-0.4, -0.2) is 41.4 Å². The average molecular weight is 341 g/mol. The molecule has 0 aliphatic carbocycles. The van der Waals surface area contributed by atoms with Gasteiger partial charge >= 0.3 is 0 Å². The van der Waals surface area contributed by atoms with Gasteiger partial charge in [0.05, 0.1) is 4.92 Å². The van der Waals surface area contributed by atoms with Gasteiger partial charge in [0.1, 0.15) is 5.76 Å². The fraction of sp³-hybridized carbons (Fsp3) is 0.389. The molecule has 4 heterocycles. The van der Waals surface area contributed by atoms with Gasteiger partial charge in [-0.3, -0.25) is 14.9 Å². The van der Waals surface area contributed by atoms with Crippen LogP contribution in [0.25, 0.3) is 11.3 Å². The third-order valence-corrected chi connectivity index (χ3v) is 5.17. The molecule has 3 saturated heterocycles. The molecule has 7 nitrogen and oxygen atoms in total. The molecule has 1 N–H and O–H groups in total. The van der Waals surface area contributed by atoms with Crippen LogP contribution in [0.1, 0.15) is 23.4 Å². The lowest BCUT2D eigenvalue weighted by Gasteiger charge is -2.44. The average Bonchev–Trinajstić information content (AvgIpc) is 3.13. The Balaban J connectivity index is 1.45. The van der Waals surface area contributed by atoms with E-state index in [0.717, 1.165) is 32.5 Å². The van der Waals surface area contributed by atoms with Crippen molar-refractivity contribution < 1.29 is 14.1 Å². The number of hydrogen-bond acceptors (Lipinski definition) is 5. The summed E-state index contributed by atoms with van der Waals surface area (Å²) in [5.74, 6) is 1.14. The van der Waals surface area contributed by atoms with Gasteiger partial charge in [-0.2, -0.15) is 0 Å². The first-order valence-corrected chi connectivity index (χ1v) is 8.48. The summed E-state index contributed by atoms with van der Waals surface area (Å²) in [5.41, 5.74) is 0.725. The number of nitrogens with one attached hydrogen (secondary N) is 1. The summed E-state index contributed by atoms with van der Waals surface area (Å²) in [4.78, 5) is 25.1. The highest BCUT2D eigenvalue weighted by Gasteiger charge is 2.35. The number of furan rings is 1. The molecule has 1 atom stereocenters. The number of nitro benzene ring substituents is 1. The molecular formula is C18H19N3O4. The molecule has 1 amide bonds. The quantitative estimate of drug-likeness (QED) is 0.682. The number of piperidine rings is 3. The Bertz CT molecular complexity index is 791. The highest BCUT2D eigenvalue weighted by atomic mass is 16.6. The summed E-state index contributed by atoms with van der Waals surface area (Å²) >= 11 is 0. The predicted octanol–water partition coefficient (Wildman–Crippen LogP) is 2.68. The fourth-order valence-corrected chi connectivity index (χ4v) is 3.73. The third-order valence-electron chi connectivity index (χ3n) is 5.17. The molecule has 25 heavy (non-hydrogen) atoms. The number of amides is 1. The third kappa shape index (κ3) is 3.15. The molecule has 3 fully saturated rings. The van der Waals surface area contributed by atoms with Crippen molar-refractivity contribution in [1.29, 1.82) is 0 Å². The number of hydrogen-bond donors (Lipinski definition) is 1. The highest BCUT2D eigenvalue weighted by molar-refractivity contribution is 5.92. The van der Waals surface area contributed by atoms with Crippen LogP contribution in [-0.2, 0) is 0 Å². The van der Waals surface area contributed by atoms with E-state index in [1.165, 1.54) is 12.1 Å². The number of carbonyl (C=O) groups excluding carboxylic acids is 1. The van der Waals surface area contributed by atoms with Gasteiger partial charge in [0, 0.05) is 30.3 Å². The Hall–Kier alpha value is -2.67. The Labute approximate surface area is 144 Å². The molecule has 0 saturated carbocycles. The Morgan fingerprint density at radius 3 is 2.48 bits per heavy atom. The summed E-state index contributed by atoms with van der Waals surface area (Å²) in [6, 6.07) is 9.62. The van der Waals surface area contributed by atoms with Crippen LogP contribution >= 0.6 is 0 Å². The van der Waals surface area contributed by atoms with Crippen LogP contribution in [0.5, 0.6) is 0 Å². The number of nitrogens with zero attached hydrogens (tertiary/aromatic N) is 2. The van der Waals surface area contributed by atoms with Gasteiger partial charge in [0.2, 0.25) is 0 Å². The maximum atomic E-state index is 12.5. The summed E-state index contributed by atoms with van der Waals surface area (Å²) in [6.45, 7) is 3.16. The molecular weight excluding hydrogens is 322 g/mol. The monoisotopic (exact) mass is 341 g/mol. The minimum Gasteiger partial charge on any atom is -0.451 e. The van der Waals surface area contributed by atoms with E-state index in [0.29, 0.717) is 17.2 Å².